The molecule has 4 rings (SSSR count). The summed E-state index contributed by atoms with van der Waals surface area (Å²) < 4.78 is 5.60. The Balaban J connectivity index is 1.50. The molecule has 0 radical (unpaired) electrons. The lowest BCUT2D eigenvalue weighted by Crippen LogP contribution is -2.11. The SMILES string of the molecule is O=C(Nc1ccc(-c2nc(-c3ccccc3)co2)cc1)c1ccccc1. The summed E-state index contributed by atoms with van der Waals surface area (Å²) >= 11 is 0. The molecular formula is C22H16N2O2. The van der Waals surface area contributed by atoms with Gasteiger partial charge in [0.15, 0.2) is 0 Å². The zero-order chi connectivity index (χ0) is 17.8. The van der Waals surface area contributed by atoms with E-state index in [1.807, 2.05) is 72.8 Å². The number of carbonyl (C=O) groups excluding carboxylic acids is 1. The molecule has 4 aromatic rings. The largest absolute Gasteiger partial charge is 0.444 e. The van der Waals surface area contributed by atoms with E-state index in [-0.39, 0.29) is 5.91 Å². The smallest absolute Gasteiger partial charge is 0.255 e. The van der Waals surface area contributed by atoms with Crippen LogP contribution < -0.4 is 5.32 Å². The molecule has 4 heteroatoms. The summed E-state index contributed by atoms with van der Waals surface area (Å²) in [6.45, 7) is 0. The number of aromatic nitrogens is 1. The van der Waals surface area contributed by atoms with E-state index in [4.69, 9.17) is 4.42 Å². The van der Waals surface area contributed by atoms with Crippen molar-refractivity contribution in [2.45, 2.75) is 0 Å². The molecule has 1 aromatic heterocycles. The number of amides is 1. The number of nitrogens with zero attached hydrogens (tertiary/aromatic N) is 1. The van der Waals surface area contributed by atoms with Crippen molar-refractivity contribution < 1.29 is 9.21 Å². The number of carbonyl (C=O) groups is 1. The van der Waals surface area contributed by atoms with Crippen LogP contribution in [0.3, 0.4) is 0 Å². The van der Waals surface area contributed by atoms with Gasteiger partial charge in [0, 0.05) is 22.4 Å². The number of rotatable bonds is 4. The summed E-state index contributed by atoms with van der Waals surface area (Å²) in [6, 6.07) is 26.4. The highest BCUT2D eigenvalue weighted by Gasteiger charge is 2.09. The van der Waals surface area contributed by atoms with Gasteiger partial charge in [0.1, 0.15) is 12.0 Å². The van der Waals surface area contributed by atoms with Gasteiger partial charge >= 0.3 is 0 Å². The van der Waals surface area contributed by atoms with Gasteiger partial charge in [0.25, 0.3) is 5.91 Å². The van der Waals surface area contributed by atoms with E-state index in [2.05, 4.69) is 10.3 Å². The standard InChI is InChI=1S/C22H16N2O2/c25-21(17-9-5-2-6-10-17)23-19-13-11-18(12-14-19)22-24-20(15-26-22)16-7-3-1-4-8-16/h1-15H,(H,23,25). The number of hydrogen-bond acceptors (Lipinski definition) is 3. The van der Waals surface area contributed by atoms with Gasteiger partial charge in [-0.1, -0.05) is 48.5 Å². The van der Waals surface area contributed by atoms with Crippen LogP contribution in [0.15, 0.2) is 95.6 Å². The Labute approximate surface area is 151 Å². The van der Waals surface area contributed by atoms with Crippen molar-refractivity contribution in [1.82, 2.24) is 4.98 Å². The van der Waals surface area contributed by atoms with Crippen molar-refractivity contribution in [3.05, 3.63) is 96.8 Å². The highest BCUT2D eigenvalue weighted by Crippen LogP contribution is 2.25. The lowest BCUT2D eigenvalue weighted by atomic mass is 10.1. The second-order valence-corrected chi connectivity index (χ2v) is 5.80. The molecule has 0 saturated carbocycles. The predicted octanol–water partition coefficient (Wildman–Crippen LogP) is 5.26. The summed E-state index contributed by atoms with van der Waals surface area (Å²) in [5.74, 6) is 0.408. The highest BCUT2D eigenvalue weighted by atomic mass is 16.3. The van der Waals surface area contributed by atoms with E-state index < -0.39 is 0 Å². The van der Waals surface area contributed by atoms with Crippen molar-refractivity contribution in [3.8, 4) is 22.7 Å². The molecule has 1 heterocycles. The Morgan fingerprint density at radius 3 is 2.12 bits per heavy atom. The lowest BCUT2D eigenvalue weighted by molar-refractivity contribution is 0.102. The van der Waals surface area contributed by atoms with Crippen molar-refractivity contribution >= 4 is 11.6 Å². The minimum atomic E-state index is -0.138. The average molecular weight is 340 g/mol. The first kappa shape index (κ1) is 15.8. The van der Waals surface area contributed by atoms with Gasteiger partial charge in [0.2, 0.25) is 5.89 Å². The molecule has 0 atom stereocenters. The number of nitrogens with one attached hydrogen (secondary N) is 1. The van der Waals surface area contributed by atoms with E-state index in [0.29, 0.717) is 11.5 Å². The van der Waals surface area contributed by atoms with Crippen LogP contribution >= 0.6 is 0 Å². The molecule has 0 spiro atoms. The van der Waals surface area contributed by atoms with Gasteiger partial charge in [-0.15, -0.1) is 0 Å². The van der Waals surface area contributed by atoms with Crippen LogP contribution in [0.25, 0.3) is 22.7 Å². The van der Waals surface area contributed by atoms with E-state index in [1.54, 1.807) is 18.4 Å². The fraction of sp³-hybridized carbons (Fsp3) is 0. The van der Waals surface area contributed by atoms with E-state index in [0.717, 1.165) is 22.5 Å². The molecule has 0 fully saturated rings. The van der Waals surface area contributed by atoms with E-state index in [9.17, 15) is 4.79 Å². The maximum atomic E-state index is 12.2. The third kappa shape index (κ3) is 3.39. The minimum absolute atomic E-state index is 0.138. The molecule has 0 aliphatic heterocycles. The number of hydrogen-bond donors (Lipinski definition) is 1. The molecule has 126 valence electrons. The normalized spacial score (nSPS) is 10.5. The first-order valence-corrected chi connectivity index (χ1v) is 8.27. The molecule has 0 aliphatic carbocycles. The molecule has 26 heavy (non-hydrogen) atoms. The second-order valence-electron chi connectivity index (χ2n) is 5.80. The molecule has 1 amide bonds. The summed E-state index contributed by atoms with van der Waals surface area (Å²) in [6.07, 6.45) is 1.65. The number of oxazole rings is 1. The van der Waals surface area contributed by atoms with Gasteiger partial charge in [-0.2, -0.15) is 0 Å². The average Bonchev–Trinajstić information content (AvgIpc) is 3.20. The van der Waals surface area contributed by atoms with Gasteiger partial charge in [-0.05, 0) is 36.4 Å². The Bertz CT molecular complexity index is 1010. The predicted molar refractivity (Wildman–Crippen MR) is 102 cm³/mol. The Kier molecular flexibility index (Phi) is 4.31. The highest BCUT2D eigenvalue weighted by molar-refractivity contribution is 6.04. The first-order valence-electron chi connectivity index (χ1n) is 8.27. The van der Waals surface area contributed by atoms with Crippen LogP contribution in [0, 0.1) is 0 Å². The third-order valence-corrected chi connectivity index (χ3v) is 4.00. The zero-order valence-electron chi connectivity index (χ0n) is 13.9. The Morgan fingerprint density at radius 2 is 1.42 bits per heavy atom. The van der Waals surface area contributed by atoms with E-state index in [1.165, 1.54) is 0 Å². The topological polar surface area (TPSA) is 55.1 Å². The number of anilines is 1. The van der Waals surface area contributed by atoms with Gasteiger partial charge < -0.3 is 9.73 Å². The van der Waals surface area contributed by atoms with Crippen molar-refractivity contribution in [3.63, 3.8) is 0 Å². The van der Waals surface area contributed by atoms with Crippen LogP contribution in [0.1, 0.15) is 10.4 Å². The quantitative estimate of drug-likeness (QED) is 0.551. The monoisotopic (exact) mass is 340 g/mol. The number of benzene rings is 3. The van der Waals surface area contributed by atoms with Crippen molar-refractivity contribution in [2.24, 2.45) is 0 Å². The maximum absolute atomic E-state index is 12.2. The molecule has 0 aliphatic rings. The first-order chi connectivity index (χ1) is 12.8. The minimum Gasteiger partial charge on any atom is -0.444 e. The summed E-state index contributed by atoms with van der Waals surface area (Å²) in [4.78, 5) is 16.7. The Morgan fingerprint density at radius 1 is 0.769 bits per heavy atom. The van der Waals surface area contributed by atoms with Gasteiger partial charge in [0.05, 0.1) is 0 Å². The Hall–Kier alpha value is -3.66. The zero-order valence-corrected chi connectivity index (χ0v) is 13.9. The van der Waals surface area contributed by atoms with Gasteiger partial charge in [-0.25, -0.2) is 4.98 Å². The van der Waals surface area contributed by atoms with Crippen LogP contribution in [-0.2, 0) is 0 Å². The third-order valence-electron chi connectivity index (χ3n) is 4.00. The molecule has 0 unspecified atom stereocenters. The van der Waals surface area contributed by atoms with Crippen molar-refractivity contribution in [1.29, 1.82) is 0 Å². The fourth-order valence-electron chi connectivity index (χ4n) is 2.64. The lowest BCUT2D eigenvalue weighted by Gasteiger charge is -2.05. The summed E-state index contributed by atoms with van der Waals surface area (Å²) in [5.41, 5.74) is 4.00. The molecule has 0 saturated heterocycles. The summed E-state index contributed by atoms with van der Waals surface area (Å²) in [7, 11) is 0. The second kappa shape index (κ2) is 7.07. The van der Waals surface area contributed by atoms with Gasteiger partial charge in [-0.3, -0.25) is 4.79 Å². The van der Waals surface area contributed by atoms with Crippen molar-refractivity contribution in [2.75, 3.05) is 5.32 Å². The fourth-order valence-corrected chi connectivity index (χ4v) is 2.64. The molecule has 0 bridgehead atoms. The molecule has 4 nitrogen and oxygen atoms in total. The summed E-state index contributed by atoms with van der Waals surface area (Å²) in [5, 5.41) is 2.88. The molecular weight excluding hydrogens is 324 g/mol. The molecule has 3 aromatic carbocycles. The van der Waals surface area contributed by atoms with Crippen LogP contribution in [-0.4, -0.2) is 10.9 Å². The van der Waals surface area contributed by atoms with Crippen LogP contribution in [0.2, 0.25) is 0 Å². The molecule has 1 N–H and O–H groups in total. The van der Waals surface area contributed by atoms with E-state index >= 15 is 0 Å². The maximum Gasteiger partial charge on any atom is 0.255 e. The van der Waals surface area contributed by atoms with Crippen LogP contribution in [0.4, 0.5) is 5.69 Å². The van der Waals surface area contributed by atoms with Crippen LogP contribution in [0.5, 0.6) is 0 Å².